The highest BCUT2D eigenvalue weighted by Gasteiger charge is 2.19. The van der Waals surface area contributed by atoms with Crippen molar-refractivity contribution in [1.29, 1.82) is 0 Å². The van der Waals surface area contributed by atoms with E-state index in [9.17, 15) is 4.39 Å². The number of hydrogen-bond donors (Lipinski definition) is 1. The summed E-state index contributed by atoms with van der Waals surface area (Å²) in [6.45, 7) is 5.77. The van der Waals surface area contributed by atoms with Crippen molar-refractivity contribution in [2.75, 3.05) is 0 Å². The van der Waals surface area contributed by atoms with Gasteiger partial charge in [0.1, 0.15) is 17.2 Å². The number of fused-ring (bicyclic) bond motifs is 1. The molecule has 2 nitrogen and oxygen atoms in total. The summed E-state index contributed by atoms with van der Waals surface area (Å²) >= 11 is 0. The van der Waals surface area contributed by atoms with Crippen LogP contribution in [-0.4, -0.2) is 0 Å². The Balaban J connectivity index is 2.10. The Morgan fingerprint density at radius 3 is 2.52 bits per heavy atom. The predicted octanol–water partition coefficient (Wildman–Crippen LogP) is 4.55. The number of nitrogens with two attached hydrogens (primary N) is 1. The van der Waals surface area contributed by atoms with Gasteiger partial charge in [-0.25, -0.2) is 4.39 Å². The molecule has 0 bridgehead atoms. The van der Waals surface area contributed by atoms with Crippen LogP contribution >= 0.6 is 0 Å². The maximum Gasteiger partial charge on any atom is 0.134 e. The van der Waals surface area contributed by atoms with Crippen LogP contribution in [0.4, 0.5) is 4.39 Å². The first-order valence-corrected chi connectivity index (χ1v) is 6.98. The monoisotopic (exact) mass is 283 g/mol. The fraction of sp³-hybridized carbons (Fsp3) is 0.222. The Morgan fingerprint density at radius 1 is 1.05 bits per heavy atom. The Hall–Kier alpha value is -2.13. The predicted molar refractivity (Wildman–Crippen MR) is 82.9 cm³/mol. The van der Waals surface area contributed by atoms with E-state index in [0.717, 1.165) is 22.1 Å². The van der Waals surface area contributed by atoms with Crippen LogP contribution in [0.2, 0.25) is 0 Å². The van der Waals surface area contributed by atoms with E-state index in [1.807, 2.05) is 32.0 Å². The van der Waals surface area contributed by atoms with Gasteiger partial charge in [-0.2, -0.15) is 0 Å². The van der Waals surface area contributed by atoms with Gasteiger partial charge in [-0.15, -0.1) is 0 Å². The second-order valence-electron chi connectivity index (χ2n) is 5.58. The van der Waals surface area contributed by atoms with Crippen LogP contribution in [-0.2, 0) is 0 Å². The molecule has 0 radical (unpaired) electrons. The van der Waals surface area contributed by atoms with E-state index in [0.29, 0.717) is 11.3 Å². The fourth-order valence-electron chi connectivity index (χ4n) is 2.60. The van der Waals surface area contributed by atoms with Crippen molar-refractivity contribution in [2.45, 2.75) is 26.8 Å². The number of furan rings is 1. The van der Waals surface area contributed by atoms with E-state index in [2.05, 4.69) is 6.07 Å². The van der Waals surface area contributed by atoms with Crippen molar-refractivity contribution in [3.8, 4) is 0 Å². The van der Waals surface area contributed by atoms with Gasteiger partial charge in [-0.3, -0.25) is 0 Å². The molecule has 2 aromatic carbocycles. The molecule has 3 aromatic rings. The quantitative estimate of drug-likeness (QED) is 0.749. The molecule has 21 heavy (non-hydrogen) atoms. The van der Waals surface area contributed by atoms with Gasteiger partial charge in [0.15, 0.2) is 0 Å². The van der Waals surface area contributed by atoms with Crippen molar-refractivity contribution in [3.63, 3.8) is 0 Å². The lowest BCUT2D eigenvalue weighted by Crippen LogP contribution is -2.12. The first kappa shape index (κ1) is 13.8. The smallest absolute Gasteiger partial charge is 0.134 e. The molecule has 3 rings (SSSR count). The molecule has 0 saturated carbocycles. The van der Waals surface area contributed by atoms with Gasteiger partial charge in [0.05, 0.1) is 6.04 Å². The molecule has 2 N–H and O–H groups in total. The Morgan fingerprint density at radius 2 is 1.81 bits per heavy atom. The first-order chi connectivity index (χ1) is 9.97. The van der Waals surface area contributed by atoms with E-state index in [4.69, 9.17) is 10.2 Å². The van der Waals surface area contributed by atoms with Gasteiger partial charge < -0.3 is 10.2 Å². The molecule has 0 fully saturated rings. The molecule has 0 aliphatic rings. The van der Waals surface area contributed by atoms with Crippen LogP contribution in [0.5, 0.6) is 0 Å². The Labute approximate surface area is 123 Å². The van der Waals surface area contributed by atoms with Gasteiger partial charge in [0.25, 0.3) is 0 Å². The number of halogens is 1. The SMILES string of the molecule is Cc1ccc2oc(C(N)c3ccc(C)c(F)c3)c(C)c2c1. The molecular formula is C18H18FNO. The molecule has 1 unspecified atom stereocenters. The third kappa shape index (κ3) is 2.34. The minimum Gasteiger partial charge on any atom is -0.459 e. The van der Waals surface area contributed by atoms with Crippen molar-refractivity contribution in [3.05, 3.63) is 70.2 Å². The molecule has 0 saturated heterocycles. The second kappa shape index (κ2) is 5.01. The summed E-state index contributed by atoms with van der Waals surface area (Å²) in [5.41, 5.74) is 10.6. The number of aryl methyl sites for hydroxylation is 3. The van der Waals surface area contributed by atoms with Crippen molar-refractivity contribution >= 4 is 11.0 Å². The molecule has 0 amide bonds. The van der Waals surface area contributed by atoms with E-state index in [1.165, 1.54) is 11.6 Å². The van der Waals surface area contributed by atoms with E-state index < -0.39 is 6.04 Å². The molecule has 3 heteroatoms. The lowest BCUT2D eigenvalue weighted by atomic mass is 10.00. The maximum absolute atomic E-state index is 13.7. The van der Waals surface area contributed by atoms with E-state index >= 15 is 0 Å². The molecule has 1 atom stereocenters. The van der Waals surface area contributed by atoms with Gasteiger partial charge in [-0.1, -0.05) is 23.8 Å². The van der Waals surface area contributed by atoms with Gasteiger partial charge in [0.2, 0.25) is 0 Å². The molecule has 108 valence electrons. The first-order valence-electron chi connectivity index (χ1n) is 6.98. The van der Waals surface area contributed by atoms with Crippen LogP contribution in [0.3, 0.4) is 0 Å². The minimum absolute atomic E-state index is 0.243. The Kier molecular flexibility index (Phi) is 3.30. The van der Waals surface area contributed by atoms with Crippen LogP contribution in [0.15, 0.2) is 40.8 Å². The van der Waals surface area contributed by atoms with Gasteiger partial charge in [0, 0.05) is 10.9 Å². The molecule has 0 aliphatic carbocycles. The summed E-state index contributed by atoms with van der Waals surface area (Å²) in [5.74, 6) is 0.450. The molecular weight excluding hydrogens is 265 g/mol. The molecule has 0 spiro atoms. The lowest BCUT2D eigenvalue weighted by molar-refractivity contribution is 0.519. The van der Waals surface area contributed by atoms with Crippen LogP contribution in [0.1, 0.15) is 34.1 Å². The highest BCUT2D eigenvalue weighted by Crippen LogP contribution is 2.32. The molecule has 0 aliphatic heterocycles. The summed E-state index contributed by atoms with van der Waals surface area (Å²) in [6, 6.07) is 10.6. The van der Waals surface area contributed by atoms with Crippen molar-refractivity contribution in [1.82, 2.24) is 0 Å². The highest BCUT2D eigenvalue weighted by molar-refractivity contribution is 5.83. The van der Waals surface area contributed by atoms with Crippen LogP contribution in [0, 0.1) is 26.6 Å². The highest BCUT2D eigenvalue weighted by atomic mass is 19.1. The molecule has 1 heterocycles. The third-order valence-corrected chi connectivity index (χ3v) is 3.97. The zero-order valence-corrected chi connectivity index (χ0v) is 12.4. The third-order valence-electron chi connectivity index (χ3n) is 3.97. The van der Waals surface area contributed by atoms with Gasteiger partial charge >= 0.3 is 0 Å². The average molecular weight is 283 g/mol. The van der Waals surface area contributed by atoms with Crippen molar-refractivity contribution in [2.24, 2.45) is 5.73 Å². The van der Waals surface area contributed by atoms with Crippen LogP contribution < -0.4 is 5.73 Å². The zero-order chi connectivity index (χ0) is 15.1. The number of hydrogen-bond acceptors (Lipinski definition) is 2. The van der Waals surface area contributed by atoms with Crippen LogP contribution in [0.25, 0.3) is 11.0 Å². The summed E-state index contributed by atoms with van der Waals surface area (Å²) in [7, 11) is 0. The van der Waals surface area contributed by atoms with Crippen molar-refractivity contribution < 1.29 is 8.81 Å². The standard InChI is InChI=1S/C18H18FNO/c1-10-4-7-16-14(8-10)12(3)18(21-16)17(20)13-6-5-11(2)15(19)9-13/h4-9,17H,20H2,1-3H3. The summed E-state index contributed by atoms with van der Waals surface area (Å²) in [6.07, 6.45) is 0. The number of benzene rings is 2. The summed E-state index contributed by atoms with van der Waals surface area (Å²) in [5, 5.41) is 1.06. The zero-order valence-electron chi connectivity index (χ0n) is 12.4. The average Bonchev–Trinajstić information content (AvgIpc) is 2.78. The maximum atomic E-state index is 13.7. The lowest BCUT2D eigenvalue weighted by Gasteiger charge is -2.11. The fourth-order valence-corrected chi connectivity index (χ4v) is 2.60. The number of rotatable bonds is 2. The largest absolute Gasteiger partial charge is 0.459 e. The van der Waals surface area contributed by atoms with E-state index in [1.54, 1.807) is 13.0 Å². The normalized spacial score (nSPS) is 12.8. The molecule has 1 aromatic heterocycles. The second-order valence-corrected chi connectivity index (χ2v) is 5.58. The minimum atomic E-state index is -0.465. The topological polar surface area (TPSA) is 39.2 Å². The summed E-state index contributed by atoms with van der Waals surface area (Å²) < 4.78 is 19.6. The van der Waals surface area contributed by atoms with E-state index in [-0.39, 0.29) is 5.82 Å². The summed E-state index contributed by atoms with van der Waals surface area (Å²) in [4.78, 5) is 0. The van der Waals surface area contributed by atoms with Gasteiger partial charge in [-0.05, 0) is 50.1 Å². The Bertz CT molecular complexity index is 819.